The molecule has 2 aliphatic heterocycles. The predicted molar refractivity (Wildman–Crippen MR) is 223 cm³/mol. The summed E-state index contributed by atoms with van der Waals surface area (Å²) >= 11 is 0. The van der Waals surface area contributed by atoms with Crippen LogP contribution in [0, 0.1) is 35.0 Å². The Balaban J connectivity index is 1.05. The number of nitrogens with zero attached hydrogens (tertiary/aromatic N) is 4. The van der Waals surface area contributed by atoms with E-state index < -0.39 is 24.3 Å². The molecule has 14 heteroatoms. The van der Waals surface area contributed by atoms with E-state index in [0.717, 1.165) is 77.8 Å². The molecule has 1 aliphatic carbocycles. The number of carbonyl (C=O) groups is 4. The van der Waals surface area contributed by atoms with Gasteiger partial charge in [0, 0.05) is 24.2 Å². The van der Waals surface area contributed by atoms with Crippen molar-refractivity contribution in [2.45, 2.75) is 97.3 Å². The van der Waals surface area contributed by atoms with Crippen LogP contribution in [0.2, 0.25) is 0 Å². The highest BCUT2D eigenvalue weighted by molar-refractivity contribution is 5.87. The molecule has 0 unspecified atom stereocenters. The Morgan fingerprint density at radius 2 is 1.42 bits per heavy atom. The lowest BCUT2D eigenvalue weighted by molar-refractivity contribution is -0.136. The summed E-state index contributed by atoms with van der Waals surface area (Å²) in [6, 6.07) is 12.0. The monoisotopic (exact) mass is 804 g/mol. The second-order valence-electron chi connectivity index (χ2n) is 17.3. The number of rotatable bonds is 9. The molecule has 4 amide bonds. The number of H-pyrrole nitrogens is 2. The van der Waals surface area contributed by atoms with Crippen LogP contribution in [0.15, 0.2) is 48.7 Å². The second-order valence-corrected chi connectivity index (χ2v) is 17.3. The lowest BCUT2D eigenvalue weighted by atomic mass is 9.84. The molecule has 4 aromatic rings. The first-order valence-corrected chi connectivity index (χ1v) is 20.7. The van der Waals surface area contributed by atoms with Gasteiger partial charge in [0.1, 0.15) is 23.7 Å². The number of ether oxygens (including phenoxy) is 2. The van der Waals surface area contributed by atoms with Gasteiger partial charge in [-0.2, -0.15) is 0 Å². The van der Waals surface area contributed by atoms with Gasteiger partial charge in [-0.15, -0.1) is 0 Å². The van der Waals surface area contributed by atoms with E-state index in [1.165, 1.54) is 14.2 Å². The van der Waals surface area contributed by atoms with Crippen LogP contribution in [0.4, 0.5) is 9.59 Å². The predicted octanol–water partition coefficient (Wildman–Crippen LogP) is 6.86. The zero-order valence-corrected chi connectivity index (χ0v) is 35.1. The molecule has 2 aromatic carbocycles. The van der Waals surface area contributed by atoms with Crippen LogP contribution in [-0.2, 0) is 19.1 Å². The van der Waals surface area contributed by atoms with E-state index in [1.807, 2.05) is 80.0 Å². The number of hydrogen-bond acceptors (Lipinski definition) is 8. The molecule has 312 valence electrons. The molecule has 5 atom stereocenters. The molecule has 14 nitrogen and oxygen atoms in total. The highest BCUT2D eigenvalue weighted by Crippen LogP contribution is 2.52. The molecule has 3 aliphatic rings. The summed E-state index contributed by atoms with van der Waals surface area (Å²) in [5.74, 6) is 7.81. The fraction of sp³-hybridized carbons (Fsp3) is 0.511. The molecule has 2 saturated heterocycles. The van der Waals surface area contributed by atoms with Gasteiger partial charge in [-0.25, -0.2) is 19.6 Å². The third-order valence-electron chi connectivity index (χ3n) is 12.3. The lowest BCUT2D eigenvalue weighted by Crippen LogP contribution is -2.51. The zero-order valence-electron chi connectivity index (χ0n) is 35.1. The first kappa shape index (κ1) is 41.3. The van der Waals surface area contributed by atoms with Crippen LogP contribution in [0.3, 0.4) is 0 Å². The summed E-state index contributed by atoms with van der Waals surface area (Å²) in [5, 5.41) is 5.48. The molecule has 1 spiro atoms. The van der Waals surface area contributed by atoms with Crippen molar-refractivity contribution in [3.8, 4) is 23.1 Å². The Morgan fingerprint density at radius 1 is 0.814 bits per heavy atom. The van der Waals surface area contributed by atoms with Crippen LogP contribution in [0.5, 0.6) is 0 Å². The van der Waals surface area contributed by atoms with Crippen molar-refractivity contribution in [1.82, 2.24) is 40.4 Å². The number of amides is 4. The molecule has 0 bridgehead atoms. The molecule has 0 radical (unpaired) electrons. The molecule has 4 heterocycles. The Bertz CT molecular complexity index is 2240. The lowest BCUT2D eigenvalue weighted by Gasteiger charge is -2.30. The number of benzene rings is 2. The largest absolute Gasteiger partial charge is 0.453 e. The van der Waals surface area contributed by atoms with Crippen molar-refractivity contribution in [2.24, 2.45) is 23.2 Å². The van der Waals surface area contributed by atoms with Crippen molar-refractivity contribution in [3.63, 3.8) is 0 Å². The number of aromatic amines is 2. The fourth-order valence-corrected chi connectivity index (χ4v) is 9.12. The SMILES string of the molecule is COC(=O)N[C@H](C(=O)N1C[C@H](C)C[C@H]1c1ncc(-c2ccc(C#Cc3ccc4nc([C@@H]5CC6(CCCC6)CN5C(=O)[C@@H](NC(=O)OC)C(C)C)[nH]c4c3)cc2)[nH]1)C(C)C. The Labute approximate surface area is 345 Å². The minimum Gasteiger partial charge on any atom is -0.453 e. The standard InChI is InChI=1S/C45H56N8O6/c1-26(2)37(50-43(56)58-6)41(54)52-24-28(5)20-35(52)39-46-23-34(49-39)31-15-12-29(13-16-31)10-11-30-14-17-32-33(21-30)48-40(47-32)36-22-45(18-8-9-19-45)25-53(36)42(55)38(27(3)4)51-44(57)59-7/h12-17,21,23,26-28,35-38H,8-9,18-20,22,24-25H2,1-7H3,(H,46,49)(H,47,48)(H,50,56)(H,51,57)/t28-,35+,36+,37+,38+/m1/s1. The molecular formula is C45H56N8O6. The number of carbonyl (C=O) groups excluding carboxylic acids is 4. The fourth-order valence-electron chi connectivity index (χ4n) is 9.12. The summed E-state index contributed by atoms with van der Waals surface area (Å²) in [6.07, 6.45) is 6.59. The van der Waals surface area contributed by atoms with E-state index in [9.17, 15) is 19.2 Å². The highest BCUT2D eigenvalue weighted by atomic mass is 16.5. The normalized spacial score (nSPS) is 20.8. The maximum atomic E-state index is 14.1. The summed E-state index contributed by atoms with van der Waals surface area (Å²) in [6.45, 7) is 11.0. The van der Waals surface area contributed by atoms with Crippen LogP contribution in [0.25, 0.3) is 22.3 Å². The van der Waals surface area contributed by atoms with Crippen molar-refractivity contribution in [1.29, 1.82) is 0 Å². The van der Waals surface area contributed by atoms with Gasteiger partial charge in [0.2, 0.25) is 11.8 Å². The number of fused-ring (bicyclic) bond motifs is 1. The van der Waals surface area contributed by atoms with Crippen molar-refractivity contribution >= 4 is 35.0 Å². The quantitative estimate of drug-likeness (QED) is 0.133. The van der Waals surface area contributed by atoms with Crippen molar-refractivity contribution in [3.05, 3.63) is 71.4 Å². The first-order chi connectivity index (χ1) is 28.3. The molecule has 1 saturated carbocycles. The number of imidazole rings is 2. The summed E-state index contributed by atoms with van der Waals surface area (Å²) in [5.41, 5.74) is 5.16. The van der Waals surface area contributed by atoms with Gasteiger partial charge in [0.15, 0.2) is 0 Å². The van der Waals surface area contributed by atoms with Gasteiger partial charge in [-0.3, -0.25) is 9.59 Å². The van der Waals surface area contributed by atoms with Gasteiger partial charge in [0.25, 0.3) is 0 Å². The van der Waals surface area contributed by atoms with Crippen LogP contribution in [0.1, 0.15) is 108 Å². The van der Waals surface area contributed by atoms with Gasteiger partial charge < -0.3 is 39.9 Å². The third kappa shape index (κ3) is 8.79. The smallest absolute Gasteiger partial charge is 0.407 e. The number of aromatic nitrogens is 4. The molecule has 4 N–H and O–H groups in total. The Kier molecular flexibility index (Phi) is 12.0. The summed E-state index contributed by atoms with van der Waals surface area (Å²) in [4.78, 5) is 72.4. The van der Waals surface area contributed by atoms with Crippen LogP contribution in [-0.4, -0.2) is 93.1 Å². The number of hydrogen-bond donors (Lipinski definition) is 4. The number of alkyl carbamates (subject to hydrolysis) is 2. The van der Waals surface area contributed by atoms with E-state index in [-0.39, 0.29) is 47.1 Å². The number of nitrogens with one attached hydrogen (secondary N) is 4. The zero-order chi connectivity index (χ0) is 42.0. The maximum absolute atomic E-state index is 14.1. The third-order valence-corrected chi connectivity index (χ3v) is 12.3. The van der Waals surface area contributed by atoms with E-state index in [0.29, 0.717) is 18.9 Å². The average molecular weight is 805 g/mol. The second kappa shape index (κ2) is 17.2. The van der Waals surface area contributed by atoms with Crippen molar-refractivity contribution < 1.29 is 28.7 Å². The van der Waals surface area contributed by atoms with Gasteiger partial charge >= 0.3 is 12.2 Å². The first-order valence-electron chi connectivity index (χ1n) is 20.7. The van der Waals surface area contributed by atoms with Crippen molar-refractivity contribution in [2.75, 3.05) is 27.3 Å². The Morgan fingerprint density at radius 3 is 2.05 bits per heavy atom. The number of likely N-dealkylation sites (tertiary alicyclic amines) is 2. The molecule has 7 rings (SSSR count). The maximum Gasteiger partial charge on any atom is 0.407 e. The molecule has 2 aromatic heterocycles. The minimum atomic E-state index is -0.705. The van der Waals surface area contributed by atoms with Gasteiger partial charge in [0.05, 0.1) is 49.2 Å². The van der Waals surface area contributed by atoms with E-state index in [2.05, 4.69) is 39.4 Å². The van der Waals surface area contributed by atoms with Gasteiger partial charge in [-0.1, -0.05) is 71.4 Å². The Hall–Kier alpha value is -5.84. The molecule has 3 fully saturated rings. The minimum absolute atomic E-state index is 0.0528. The highest BCUT2D eigenvalue weighted by Gasteiger charge is 2.50. The summed E-state index contributed by atoms with van der Waals surface area (Å²) < 4.78 is 9.62. The average Bonchev–Trinajstić information content (AvgIpc) is 4.08. The van der Waals surface area contributed by atoms with Crippen LogP contribution >= 0.6 is 0 Å². The van der Waals surface area contributed by atoms with E-state index in [4.69, 9.17) is 19.4 Å². The topological polar surface area (TPSA) is 175 Å². The molecule has 59 heavy (non-hydrogen) atoms. The number of methoxy groups -OCH3 is 2. The van der Waals surface area contributed by atoms with Crippen LogP contribution < -0.4 is 10.6 Å². The van der Waals surface area contributed by atoms with E-state index in [1.54, 1.807) is 6.20 Å². The van der Waals surface area contributed by atoms with E-state index >= 15 is 0 Å². The molecular weight excluding hydrogens is 749 g/mol. The summed E-state index contributed by atoms with van der Waals surface area (Å²) in [7, 11) is 2.60. The van der Waals surface area contributed by atoms with Gasteiger partial charge in [-0.05, 0) is 84.7 Å².